The minimum atomic E-state index is -0.242. The van der Waals surface area contributed by atoms with E-state index in [1.807, 2.05) is 22.7 Å². The number of ether oxygens (including phenoxy) is 1. The van der Waals surface area contributed by atoms with E-state index in [-0.39, 0.29) is 18.1 Å². The number of carbonyl (C=O) groups excluding carboxylic acids is 1. The Morgan fingerprint density at radius 3 is 2.23 bits per heavy atom. The predicted octanol–water partition coefficient (Wildman–Crippen LogP) is 7.80. The molecule has 1 amide bonds. The molecule has 1 aliphatic heterocycles. The van der Waals surface area contributed by atoms with Crippen molar-refractivity contribution in [2.24, 2.45) is 0 Å². The number of rotatable bonds is 5. The maximum atomic E-state index is 13.2. The van der Waals surface area contributed by atoms with Crippen LogP contribution in [0.2, 0.25) is 0 Å². The van der Waals surface area contributed by atoms with E-state index < -0.39 is 0 Å². The zero-order valence-electron chi connectivity index (χ0n) is 19.7. The third kappa shape index (κ3) is 4.12. The largest absolute Gasteiger partial charge is 0.448 e. The highest BCUT2D eigenvalue weighted by Gasteiger charge is 2.34. The summed E-state index contributed by atoms with van der Waals surface area (Å²) < 4.78 is 5.94. The van der Waals surface area contributed by atoms with Crippen LogP contribution in [0.5, 0.6) is 0 Å². The summed E-state index contributed by atoms with van der Waals surface area (Å²) in [5.74, 6) is 1.01. The Hall–Kier alpha value is -3.50. The van der Waals surface area contributed by atoms with Crippen LogP contribution in [-0.2, 0) is 17.0 Å². The van der Waals surface area contributed by atoms with Gasteiger partial charge in [0.2, 0.25) is 0 Å². The van der Waals surface area contributed by atoms with Crippen molar-refractivity contribution in [2.75, 3.05) is 6.61 Å². The summed E-state index contributed by atoms with van der Waals surface area (Å²) in [4.78, 5) is 16.3. The van der Waals surface area contributed by atoms with Crippen LogP contribution in [-0.4, -0.2) is 17.6 Å². The molecule has 0 N–H and O–H groups in total. The Labute approximate surface area is 210 Å². The van der Waals surface area contributed by atoms with E-state index in [1.165, 1.54) is 43.8 Å². The van der Waals surface area contributed by atoms with E-state index in [4.69, 9.17) is 4.74 Å². The molecule has 0 fully saturated rings. The van der Waals surface area contributed by atoms with E-state index in [1.54, 1.807) is 0 Å². The third-order valence-corrected chi connectivity index (χ3v) is 8.26. The zero-order chi connectivity index (χ0) is 23.8. The smallest absolute Gasteiger partial charge is 0.410 e. The molecule has 1 heterocycles. The van der Waals surface area contributed by atoms with Gasteiger partial charge in [0.25, 0.3) is 0 Å². The molecule has 4 aromatic carbocycles. The maximum absolute atomic E-state index is 13.2. The monoisotopic (exact) mass is 477 g/mol. The Morgan fingerprint density at radius 1 is 0.857 bits per heavy atom. The molecule has 0 saturated carbocycles. The molecule has 4 aromatic rings. The number of hydrogen-bond donors (Lipinski definition) is 0. The van der Waals surface area contributed by atoms with Crippen molar-refractivity contribution in [1.29, 1.82) is 0 Å². The van der Waals surface area contributed by atoms with Crippen LogP contribution < -0.4 is 0 Å². The molecule has 0 bridgehead atoms. The van der Waals surface area contributed by atoms with Crippen LogP contribution in [0.4, 0.5) is 4.79 Å². The summed E-state index contributed by atoms with van der Waals surface area (Å²) in [6, 6.07) is 34.0. The summed E-state index contributed by atoms with van der Waals surface area (Å²) in [6.07, 6.45) is -0.242. The molecule has 3 nitrogen and oxygen atoms in total. The molecule has 0 saturated heterocycles. The fraction of sp³-hybridized carbons (Fsp3) is 0.194. The molecule has 1 unspecified atom stereocenters. The van der Waals surface area contributed by atoms with Crippen molar-refractivity contribution in [3.8, 4) is 11.1 Å². The number of fused-ring (bicyclic) bond motifs is 4. The molecule has 0 aromatic heterocycles. The van der Waals surface area contributed by atoms with Crippen molar-refractivity contribution in [3.63, 3.8) is 0 Å². The van der Waals surface area contributed by atoms with Crippen LogP contribution in [0.15, 0.2) is 102 Å². The number of hydrogen-bond acceptors (Lipinski definition) is 3. The highest BCUT2D eigenvalue weighted by atomic mass is 32.2. The predicted molar refractivity (Wildman–Crippen MR) is 141 cm³/mol. The van der Waals surface area contributed by atoms with E-state index in [0.717, 1.165) is 5.75 Å². The number of benzene rings is 4. The lowest BCUT2D eigenvalue weighted by atomic mass is 9.98. The maximum Gasteiger partial charge on any atom is 0.410 e. The minimum absolute atomic E-state index is 0.00817. The lowest BCUT2D eigenvalue weighted by Crippen LogP contribution is -2.30. The Bertz CT molecular complexity index is 1340. The average molecular weight is 478 g/mol. The first-order valence-corrected chi connectivity index (χ1v) is 13.1. The number of thioether (sulfide) groups is 1. The lowest BCUT2D eigenvalue weighted by molar-refractivity contribution is 0.0894. The van der Waals surface area contributed by atoms with E-state index in [2.05, 4.69) is 97.9 Å². The van der Waals surface area contributed by atoms with Crippen molar-refractivity contribution < 1.29 is 9.53 Å². The van der Waals surface area contributed by atoms with Crippen LogP contribution >= 0.6 is 11.8 Å². The fourth-order valence-corrected chi connectivity index (χ4v) is 6.26. The molecule has 6 rings (SSSR count). The third-order valence-electron chi connectivity index (χ3n) is 7.19. The standard InChI is InChI=1S/C31H27NO2S/c1-21-25-16-15-24(35-20-22-9-3-2-4-10-22)17-23(25)18-32(21)31(33)34-19-30-28-13-7-5-11-26(28)27-12-6-8-14-29(27)30/h2-17,21,30H,18-20H2,1H3. The van der Waals surface area contributed by atoms with Gasteiger partial charge < -0.3 is 4.74 Å². The van der Waals surface area contributed by atoms with E-state index >= 15 is 0 Å². The van der Waals surface area contributed by atoms with Gasteiger partial charge in [0, 0.05) is 16.6 Å². The number of amides is 1. The fourth-order valence-electron chi connectivity index (χ4n) is 5.35. The van der Waals surface area contributed by atoms with Gasteiger partial charge in [-0.25, -0.2) is 4.79 Å². The van der Waals surface area contributed by atoms with Gasteiger partial charge in [-0.2, -0.15) is 0 Å². The van der Waals surface area contributed by atoms with Gasteiger partial charge in [-0.1, -0.05) is 84.9 Å². The molecule has 2 aliphatic rings. The van der Waals surface area contributed by atoms with E-state index in [0.29, 0.717) is 13.2 Å². The molecular formula is C31H27NO2S. The Balaban J connectivity index is 1.13. The van der Waals surface area contributed by atoms with Crippen molar-refractivity contribution >= 4 is 17.9 Å². The topological polar surface area (TPSA) is 29.5 Å². The van der Waals surface area contributed by atoms with Gasteiger partial charge in [0.1, 0.15) is 6.61 Å². The van der Waals surface area contributed by atoms with Gasteiger partial charge in [0.15, 0.2) is 0 Å². The van der Waals surface area contributed by atoms with Crippen LogP contribution in [0.1, 0.15) is 46.7 Å². The molecule has 1 atom stereocenters. The van der Waals surface area contributed by atoms with Gasteiger partial charge in [-0.15, -0.1) is 11.8 Å². The average Bonchev–Trinajstić information content (AvgIpc) is 3.41. The first-order valence-electron chi connectivity index (χ1n) is 12.1. The van der Waals surface area contributed by atoms with Crippen molar-refractivity contribution in [3.05, 3.63) is 125 Å². The van der Waals surface area contributed by atoms with Crippen LogP contribution in [0.25, 0.3) is 11.1 Å². The molecule has 4 heteroatoms. The molecule has 1 aliphatic carbocycles. The van der Waals surface area contributed by atoms with Crippen LogP contribution in [0.3, 0.4) is 0 Å². The summed E-state index contributed by atoms with van der Waals surface area (Å²) in [6.45, 7) is 3.03. The minimum Gasteiger partial charge on any atom is -0.448 e. The summed E-state index contributed by atoms with van der Waals surface area (Å²) in [5, 5.41) is 0. The van der Waals surface area contributed by atoms with Crippen molar-refractivity contribution in [2.45, 2.75) is 36.1 Å². The molecule has 0 spiro atoms. The van der Waals surface area contributed by atoms with Crippen molar-refractivity contribution in [1.82, 2.24) is 4.90 Å². The van der Waals surface area contributed by atoms with Gasteiger partial charge >= 0.3 is 6.09 Å². The highest BCUT2D eigenvalue weighted by molar-refractivity contribution is 7.98. The van der Waals surface area contributed by atoms with Gasteiger partial charge in [-0.05, 0) is 58.0 Å². The second kappa shape index (κ2) is 9.27. The van der Waals surface area contributed by atoms with E-state index in [9.17, 15) is 4.79 Å². The lowest BCUT2D eigenvalue weighted by Gasteiger charge is -2.23. The van der Waals surface area contributed by atoms with Gasteiger partial charge in [0.05, 0.1) is 12.6 Å². The summed E-state index contributed by atoms with van der Waals surface area (Å²) in [7, 11) is 0. The summed E-state index contributed by atoms with van der Waals surface area (Å²) in [5.41, 5.74) is 8.69. The molecule has 35 heavy (non-hydrogen) atoms. The second-order valence-corrected chi connectivity index (χ2v) is 10.3. The second-order valence-electron chi connectivity index (χ2n) is 9.24. The van der Waals surface area contributed by atoms with Gasteiger partial charge in [-0.3, -0.25) is 4.90 Å². The normalized spacial score (nSPS) is 16.0. The highest BCUT2D eigenvalue weighted by Crippen LogP contribution is 2.45. The zero-order valence-corrected chi connectivity index (χ0v) is 20.5. The molecule has 0 radical (unpaired) electrons. The molecule has 174 valence electrons. The quantitative estimate of drug-likeness (QED) is 0.275. The Kier molecular flexibility index (Phi) is 5.83. The number of carbonyl (C=O) groups is 1. The molecular weight excluding hydrogens is 450 g/mol. The van der Waals surface area contributed by atoms with Crippen LogP contribution in [0, 0.1) is 0 Å². The SMILES string of the molecule is CC1c2ccc(SCc3ccccc3)cc2CN1C(=O)OCC1c2ccccc2-c2ccccc21. The number of nitrogens with zero attached hydrogens (tertiary/aromatic N) is 1. The Morgan fingerprint density at radius 2 is 1.51 bits per heavy atom. The first-order chi connectivity index (χ1) is 17.2. The first kappa shape index (κ1) is 22.0. The summed E-state index contributed by atoms with van der Waals surface area (Å²) >= 11 is 1.83.